The van der Waals surface area contributed by atoms with Gasteiger partial charge in [-0.3, -0.25) is 9.48 Å². The van der Waals surface area contributed by atoms with Crippen molar-refractivity contribution < 1.29 is 14.3 Å². The van der Waals surface area contributed by atoms with Gasteiger partial charge in [0.1, 0.15) is 11.3 Å². The summed E-state index contributed by atoms with van der Waals surface area (Å²) in [6.07, 6.45) is -0.412. The third kappa shape index (κ3) is 5.86. The number of hydrogen-bond donors (Lipinski definition) is 1. The highest BCUT2D eigenvalue weighted by Crippen LogP contribution is 2.16. The van der Waals surface area contributed by atoms with Crippen LogP contribution in [0, 0.1) is 6.92 Å². The summed E-state index contributed by atoms with van der Waals surface area (Å²) in [4.78, 5) is 25.5. The van der Waals surface area contributed by atoms with Crippen LogP contribution in [0.1, 0.15) is 57.7 Å². The Morgan fingerprint density at radius 2 is 1.83 bits per heavy atom. The summed E-state index contributed by atoms with van der Waals surface area (Å²) < 4.78 is 7.08. The molecule has 7 heteroatoms. The number of nitrogens with one attached hydrogen (secondary N) is 1. The molecule has 0 aliphatic carbocycles. The fourth-order valence-corrected chi connectivity index (χ4v) is 2.12. The van der Waals surface area contributed by atoms with E-state index in [1.165, 1.54) is 4.90 Å². The Balaban J connectivity index is 2.54. The summed E-state index contributed by atoms with van der Waals surface area (Å²) in [5, 5.41) is 7.14. The molecule has 0 radical (unpaired) electrons. The van der Waals surface area contributed by atoms with E-state index < -0.39 is 11.7 Å². The maximum atomic E-state index is 12.2. The number of carbonyl (C=O) groups excluding carboxylic acids is 2. The molecular formula is C17H30N4O3. The Hall–Kier alpha value is -2.05. The van der Waals surface area contributed by atoms with Crippen molar-refractivity contribution in [2.45, 2.75) is 59.6 Å². The van der Waals surface area contributed by atoms with Crippen molar-refractivity contribution in [1.29, 1.82) is 0 Å². The molecule has 2 amide bonds. The minimum atomic E-state index is -0.536. The average Bonchev–Trinajstić information content (AvgIpc) is 2.78. The SMILES string of the molecule is Cc1cc(C(=O)NCCN(C)C(=O)OC(C)(C)C)nn1C(C)(C)C. The van der Waals surface area contributed by atoms with Gasteiger partial charge in [-0.05, 0) is 54.5 Å². The predicted octanol–water partition coefficient (Wildman–Crippen LogP) is 2.54. The highest BCUT2D eigenvalue weighted by atomic mass is 16.6. The average molecular weight is 338 g/mol. The van der Waals surface area contributed by atoms with E-state index >= 15 is 0 Å². The quantitative estimate of drug-likeness (QED) is 0.915. The Labute approximate surface area is 144 Å². The van der Waals surface area contributed by atoms with Crippen LogP contribution in [-0.2, 0) is 10.3 Å². The molecule has 0 aliphatic rings. The molecule has 0 bridgehead atoms. The summed E-state index contributed by atoms with van der Waals surface area (Å²) in [5.74, 6) is -0.251. The molecule has 1 rings (SSSR count). The van der Waals surface area contributed by atoms with Crippen molar-refractivity contribution in [3.63, 3.8) is 0 Å². The van der Waals surface area contributed by atoms with Crippen molar-refractivity contribution in [3.8, 4) is 0 Å². The number of aromatic nitrogens is 2. The second-order valence-electron chi connectivity index (χ2n) is 7.91. The molecule has 0 aromatic carbocycles. The van der Waals surface area contributed by atoms with Gasteiger partial charge >= 0.3 is 6.09 Å². The van der Waals surface area contributed by atoms with Crippen LogP contribution in [0.2, 0.25) is 0 Å². The van der Waals surface area contributed by atoms with Crippen LogP contribution in [0.15, 0.2) is 6.07 Å². The largest absolute Gasteiger partial charge is 0.444 e. The van der Waals surface area contributed by atoms with Gasteiger partial charge in [-0.15, -0.1) is 0 Å². The van der Waals surface area contributed by atoms with Crippen molar-refractivity contribution in [2.75, 3.05) is 20.1 Å². The minimum Gasteiger partial charge on any atom is -0.444 e. The topological polar surface area (TPSA) is 76.5 Å². The van der Waals surface area contributed by atoms with Gasteiger partial charge in [0.15, 0.2) is 0 Å². The summed E-state index contributed by atoms with van der Waals surface area (Å²) >= 11 is 0. The number of ether oxygens (including phenoxy) is 1. The molecule has 0 spiro atoms. The number of amides is 2. The third-order valence-corrected chi connectivity index (χ3v) is 3.19. The molecule has 0 fully saturated rings. The molecule has 1 heterocycles. The van der Waals surface area contributed by atoms with E-state index in [9.17, 15) is 9.59 Å². The van der Waals surface area contributed by atoms with Crippen LogP contribution >= 0.6 is 0 Å². The lowest BCUT2D eigenvalue weighted by molar-refractivity contribution is 0.0299. The third-order valence-electron chi connectivity index (χ3n) is 3.19. The summed E-state index contributed by atoms with van der Waals surface area (Å²) in [6.45, 7) is 14.2. The molecule has 0 unspecified atom stereocenters. The molecule has 0 atom stereocenters. The molecular weight excluding hydrogens is 308 g/mol. The Kier molecular flexibility index (Phi) is 6.03. The van der Waals surface area contributed by atoms with E-state index in [-0.39, 0.29) is 11.4 Å². The first-order valence-electron chi connectivity index (χ1n) is 8.11. The zero-order valence-corrected chi connectivity index (χ0v) is 16.1. The zero-order chi connectivity index (χ0) is 18.7. The second kappa shape index (κ2) is 7.23. The zero-order valence-electron chi connectivity index (χ0n) is 16.1. The Bertz CT molecular complexity index is 594. The van der Waals surface area contributed by atoms with E-state index in [0.717, 1.165) is 5.69 Å². The summed E-state index contributed by atoms with van der Waals surface area (Å²) in [6, 6.07) is 1.76. The first-order valence-corrected chi connectivity index (χ1v) is 8.11. The van der Waals surface area contributed by atoms with E-state index in [1.807, 2.05) is 53.1 Å². The summed E-state index contributed by atoms with van der Waals surface area (Å²) in [7, 11) is 1.64. The van der Waals surface area contributed by atoms with Gasteiger partial charge in [-0.1, -0.05) is 0 Å². The number of rotatable bonds is 4. The molecule has 7 nitrogen and oxygen atoms in total. The highest BCUT2D eigenvalue weighted by Gasteiger charge is 2.21. The molecule has 0 saturated heterocycles. The molecule has 1 aromatic heterocycles. The van der Waals surface area contributed by atoms with Gasteiger partial charge in [0.2, 0.25) is 0 Å². The lowest BCUT2D eigenvalue weighted by atomic mass is 10.1. The molecule has 24 heavy (non-hydrogen) atoms. The van der Waals surface area contributed by atoms with Crippen LogP contribution < -0.4 is 5.32 Å². The van der Waals surface area contributed by atoms with Gasteiger partial charge in [0, 0.05) is 25.8 Å². The van der Waals surface area contributed by atoms with E-state index in [1.54, 1.807) is 13.1 Å². The van der Waals surface area contributed by atoms with E-state index in [0.29, 0.717) is 18.8 Å². The number of nitrogens with zero attached hydrogens (tertiary/aromatic N) is 3. The van der Waals surface area contributed by atoms with Crippen molar-refractivity contribution in [1.82, 2.24) is 20.0 Å². The van der Waals surface area contributed by atoms with E-state index in [2.05, 4.69) is 10.4 Å². The maximum Gasteiger partial charge on any atom is 0.410 e. The fraction of sp³-hybridized carbons (Fsp3) is 0.706. The highest BCUT2D eigenvalue weighted by molar-refractivity contribution is 5.92. The number of hydrogen-bond acceptors (Lipinski definition) is 4. The van der Waals surface area contributed by atoms with Crippen LogP contribution in [0.3, 0.4) is 0 Å². The lowest BCUT2D eigenvalue weighted by Gasteiger charge is -2.24. The van der Waals surface area contributed by atoms with Gasteiger partial charge < -0.3 is 15.0 Å². The molecule has 0 saturated carbocycles. The molecule has 136 valence electrons. The van der Waals surface area contributed by atoms with Crippen molar-refractivity contribution in [3.05, 3.63) is 17.5 Å². The van der Waals surface area contributed by atoms with Crippen LogP contribution in [0.5, 0.6) is 0 Å². The number of likely N-dealkylation sites (N-methyl/N-ethyl adjacent to an activating group) is 1. The molecule has 1 N–H and O–H groups in total. The van der Waals surface area contributed by atoms with Crippen molar-refractivity contribution >= 4 is 12.0 Å². The first kappa shape index (κ1) is 20.0. The second-order valence-corrected chi connectivity index (χ2v) is 7.91. The lowest BCUT2D eigenvalue weighted by Crippen LogP contribution is -2.39. The molecule has 1 aromatic rings. The summed E-state index contributed by atoms with van der Waals surface area (Å²) in [5.41, 5.74) is 0.590. The number of carbonyl (C=O) groups is 2. The fourth-order valence-electron chi connectivity index (χ4n) is 2.12. The maximum absolute atomic E-state index is 12.2. The van der Waals surface area contributed by atoms with Gasteiger partial charge in [0.05, 0.1) is 5.54 Å². The monoisotopic (exact) mass is 338 g/mol. The smallest absolute Gasteiger partial charge is 0.410 e. The van der Waals surface area contributed by atoms with Crippen molar-refractivity contribution in [2.24, 2.45) is 0 Å². The van der Waals surface area contributed by atoms with Crippen LogP contribution in [-0.4, -0.2) is 52.4 Å². The predicted molar refractivity (Wildman–Crippen MR) is 93.2 cm³/mol. The first-order chi connectivity index (χ1) is 10.8. The van der Waals surface area contributed by atoms with E-state index in [4.69, 9.17) is 4.74 Å². The Morgan fingerprint density at radius 1 is 1.25 bits per heavy atom. The van der Waals surface area contributed by atoms with Gasteiger partial charge in [-0.2, -0.15) is 5.10 Å². The number of aryl methyl sites for hydroxylation is 1. The van der Waals surface area contributed by atoms with Crippen LogP contribution in [0.25, 0.3) is 0 Å². The van der Waals surface area contributed by atoms with Gasteiger partial charge in [-0.25, -0.2) is 4.79 Å². The standard InChI is InChI=1S/C17H30N4O3/c1-12-11-13(19-21(12)16(2,3)4)14(22)18-9-10-20(8)15(23)24-17(5,6)7/h11H,9-10H2,1-8H3,(H,18,22). The van der Waals surface area contributed by atoms with Crippen LogP contribution in [0.4, 0.5) is 4.79 Å². The Morgan fingerprint density at radius 3 is 2.29 bits per heavy atom. The molecule has 0 aliphatic heterocycles. The normalized spacial score (nSPS) is 12.0. The van der Waals surface area contributed by atoms with Gasteiger partial charge in [0.25, 0.3) is 5.91 Å². The minimum absolute atomic E-state index is 0.181.